The number of rotatable bonds is 2. The van der Waals surface area contributed by atoms with Crippen molar-refractivity contribution in [2.45, 2.75) is 13.8 Å². The van der Waals surface area contributed by atoms with E-state index in [9.17, 15) is 4.79 Å². The van der Waals surface area contributed by atoms with Crippen molar-refractivity contribution in [2.24, 2.45) is 0 Å². The van der Waals surface area contributed by atoms with Crippen LogP contribution in [0.1, 0.15) is 13.8 Å². The minimum Gasteiger partial charge on any atom is -0.403 e. The molecule has 0 atom stereocenters. The molecule has 3 N–H and O–H groups in total. The van der Waals surface area contributed by atoms with Gasteiger partial charge in [0, 0.05) is 0 Å². The maximum atomic E-state index is 10.4. The standard InChI is InChI=1S/C7H10O3.H3N/c1-3-5-9-7(8)10-6-4-2;/h3-6H,1-2H3;1H3. The van der Waals surface area contributed by atoms with Gasteiger partial charge in [-0.3, -0.25) is 0 Å². The Bertz CT molecular complexity index is 136. The lowest BCUT2D eigenvalue weighted by Crippen LogP contribution is -1.97. The van der Waals surface area contributed by atoms with Crippen LogP contribution in [-0.2, 0) is 9.47 Å². The van der Waals surface area contributed by atoms with Crippen LogP contribution in [0.2, 0.25) is 0 Å². The number of allylic oxidation sites excluding steroid dienone is 2. The third-order valence-corrected chi connectivity index (χ3v) is 0.601. The highest BCUT2D eigenvalue weighted by Crippen LogP contribution is 1.86. The lowest BCUT2D eigenvalue weighted by Gasteiger charge is -1.93. The molecule has 0 bridgehead atoms. The van der Waals surface area contributed by atoms with E-state index in [2.05, 4.69) is 9.47 Å². The molecule has 0 fully saturated rings. The molecule has 0 amide bonds. The van der Waals surface area contributed by atoms with Crippen LogP contribution in [0.3, 0.4) is 0 Å². The first kappa shape index (κ1) is 12.4. The van der Waals surface area contributed by atoms with E-state index in [1.54, 1.807) is 26.0 Å². The fraction of sp³-hybridized carbons (Fsp3) is 0.286. The molecule has 0 heterocycles. The van der Waals surface area contributed by atoms with Crippen molar-refractivity contribution in [3.63, 3.8) is 0 Å². The molecule has 0 aromatic carbocycles. The molecule has 0 unspecified atom stereocenters. The van der Waals surface area contributed by atoms with Crippen LogP contribution in [-0.4, -0.2) is 6.16 Å². The van der Waals surface area contributed by atoms with Crippen LogP contribution in [0.25, 0.3) is 0 Å². The molecule has 0 aliphatic rings. The van der Waals surface area contributed by atoms with Crippen molar-refractivity contribution < 1.29 is 14.3 Å². The summed E-state index contributed by atoms with van der Waals surface area (Å²) in [7, 11) is 0. The van der Waals surface area contributed by atoms with Crippen molar-refractivity contribution in [2.75, 3.05) is 0 Å². The topological polar surface area (TPSA) is 70.5 Å². The Morgan fingerprint density at radius 3 is 1.73 bits per heavy atom. The summed E-state index contributed by atoms with van der Waals surface area (Å²) in [4.78, 5) is 10.4. The predicted octanol–water partition coefficient (Wildman–Crippen LogP) is 2.37. The van der Waals surface area contributed by atoms with Crippen LogP contribution in [0, 0.1) is 0 Å². The van der Waals surface area contributed by atoms with Gasteiger partial charge in [0.25, 0.3) is 0 Å². The molecular weight excluding hydrogens is 146 g/mol. The molecule has 0 aliphatic carbocycles. The van der Waals surface area contributed by atoms with E-state index in [1.165, 1.54) is 12.5 Å². The number of hydrogen-bond acceptors (Lipinski definition) is 4. The van der Waals surface area contributed by atoms with Gasteiger partial charge in [0.15, 0.2) is 0 Å². The average molecular weight is 159 g/mol. The third kappa shape index (κ3) is 8.71. The Labute approximate surface area is 66.1 Å². The average Bonchev–Trinajstić information content (AvgIpc) is 1.97. The van der Waals surface area contributed by atoms with Crippen LogP contribution in [0.4, 0.5) is 4.79 Å². The molecule has 0 spiro atoms. The summed E-state index contributed by atoms with van der Waals surface area (Å²) < 4.78 is 8.80. The summed E-state index contributed by atoms with van der Waals surface area (Å²) in [5.74, 6) is 0. The van der Waals surface area contributed by atoms with Crippen molar-refractivity contribution in [3.8, 4) is 0 Å². The lowest BCUT2D eigenvalue weighted by molar-refractivity contribution is 0.119. The van der Waals surface area contributed by atoms with Crippen molar-refractivity contribution >= 4 is 6.16 Å². The Morgan fingerprint density at radius 1 is 1.09 bits per heavy atom. The van der Waals surface area contributed by atoms with E-state index >= 15 is 0 Å². The van der Waals surface area contributed by atoms with Gasteiger partial charge in [0.1, 0.15) is 0 Å². The van der Waals surface area contributed by atoms with Gasteiger partial charge in [-0.25, -0.2) is 4.79 Å². The van der Waals surface area contributed by atoms with Gasteiger partial charge >= 0.3 is 6.16 Å². The summed E-state index contributed by atoms with van der Waals surface area (Å²) in [6, 6.07) is 0. The molecule has 0 radical (unpaired) electrons. The molecule has 4 nitrogen and oxygen atoms in total. The van der Waals surface area contributed by atoms with Gasteiger partial charge in [0.05, 0.1) is 12.5 Å². The molecule has 11 heavy (non-hydrogen) atoms. The van der Waals surface area contributed by atoms with Gasteiger partial charge in [-0.15, -0.1) is 0 Å². The summed E-state index contributed by atoms with van der Waals surface area (Å²) in [6.45, 7) is 3.48. The third-order valence-electron chi connectivity index (χ3n) is 0.601. The lowest BCUT2D eigenvalue weighted by atomic mass is 10.7. The normalized spacial score (nSPS) is 9.64. The van der Waals surface area contributed by atoms with E-state index in [4.69, 9.17) is 0 Å². The molecular formula is C7H13NO3. The van der Waals surface area contributed by atoms with E-state index < -0.39 is 6.16 Å². The highest BCUT2D eigenvalue weighted by Gasteiger charge is 1.94. The molecule has 0 aliphatic heterocycles. The Hall–Kier alpha value is -1.29. The van der Waals surface area contributed by atoms with Crippen LogP contribution >= 0.6 is 0 Å². The van der Waals surface area contributed by atoms with Gasteiger partial charge in [-0.05, 0) is 13.8 Å². The summed E-state index contributed by atoms with van der Waals surface area (Å²) in [6.07, 6.45) is 4.97. The summed E-state index contributed by atoms with van der Waals surface area (Å²) in [5, 5.41) is 0. The van der Waals surface area contributed by atoms with Crippen molar-refractivity contribution in [1.29, 1.82) is 0 Å². The Balaban J connectivity index is 0. The number of carbonyl (C=O) groups is 1. The molecule has 0 rings (SSSR count). The first-order valence-electron chi connectivity index (χ1n) is 2.91. The summed E-state index contributed by atoms with van der Waals surface area (Å²) >= 11 is 0. The summed E-state index contributed by atoms with van der Waals surface area (Å²) in [5.41, 5.74) is 0. The van der Waals surface area contributed by atoms with Crippen molar-refractivity contribution in [1.82, 2.24) is 6.15 Å². The second-order valence-electron chi connectivity index (χ2n) is 1.42. The smallest absolute Gasteiger partial charge is 0.403 e. The largest absolute Gasteiger partial charge is 0.518 e. The molecule has 0 saturated carbocycles. The van der Waals surface area contributed by atoms with Gasteiger partial charge in [-0.1, -0.05) is 12.2 Å². The molecule has 4 heteroatoms. The maximum absolute atomic E-state index is 10.4. The van der Waals surface area contributed by atoms with Crippen LogP contribution in [0.15, 0.2) is 24.7 Å². The monoisotopic (exact) mass is 159 g/mol. The van der Waals surface area contributed by atoms with E-state index in [1.807, 2.05) is 0 Å². The SMILES string of the molecule is CC=COC(=O)OC=CC.N. The quantitative estimate of drug-likeness (QED) is 0.496. The first-order valence-corrected chi connectivity index (χ1v) is 2.91. The van der Waals surface area contributed by atoms with E-state index in [-0.39, 0.29) is 6.15 Å². The van der Waals surface area contributed by atoms with Gasteiger partial charge < -0.3 is 15.6 Å². The minimum absolute atomic E-state index is 0. The fourth-order valence-corrected chi connectivity index (χ4v) is 0.275. The highest BCUT2D eigenvalue weighted by atomic mass is 16.7. The molecule has 0 aromatic heterocycles. The molecule has 0 saturated heterocycles. The zero-order valence-electron chi connectivity index (χ0n) is 6.74. The first-order chi connectivity index (χ1) is 4.81. The van der Waals surface area contributed by atoms with Gasteiger partial charge in [-0.2, -0.15) is 0 Å². The van der Waals surface area contributed by atoms with Gasteiger partial charge in [0.2, 0.25) is 0 Å². The minimum atomic E-state index is -0.726. The Kier molecular flexibility index (Phi) is 9.81. The number of carbonyl (C=O) groups excluding carboxylic acids is 1. The second kappa shape index (κ2) is 8.71. The van der Waals surface area contributed by atoms with Crippen LogP contribution in [0.5, 0.6) is 0 Å². The molecule has 64 valence electrons. The number of hydrogen-bond donors (Lipinski definition) is 1. The predicted molar refractivity (Wildman–Crippen MR) is 42.2 cm³/mol. The zero-order chi connectivity index (χ0) is 7.82. The second-order valence-corrected chi connectivity index (χ2v) is 1.42. The number of ether oxygens (including phenoxy) is 2. The fourth-order valence-electron chi connectivity index (χ4n) is 0.275. The van der Waals surface area contributed by atoms with Crippen molar-refractivity contribution in [3.05, 3.63) is 24.7 Å². The molecule has 0 aromatic rings. The van der Waals surface area contributed by atoms with Crippen LogP contribution < -0.4 is 6.15 Å². The Morgan fingerprint density at radius 2 is 1.45 bits per heavy atom. The highest BCUT2D eigenvalue weighted by molar-refractivity contribution is 5.61. The zero-order valence-corrected chi connectivity index (χ0v) is 6.74. The van der Waals surface area contributed by atoms with E-state index in [0.29, 0.717) is 0 Å². The maximum Gasteiger partial charge on any atom is 0.518 e. The van der Waals surface area contributed by atoms with E-state index in [0.717, 1.165) is 0 Å².